The normalized spacial score (nSPS) is 21.2. The maximum absolute atomic E-state index is 11.9. The van der Waals surface area contributed by atoms with Crippen LogP contribution in [0.1, 0.15) is 32.6 Å². The fourth-order valence-corrected chi connectivity index (χ4v) is 2.88. The molecular weight excluding hydrogens is 282 g/mol. The van der Waals surface area contributed by atoms with Gasteiger partial charge in [-0.2, -0.15) is 5.10 Å². The van der Waals surface area contributed by atoms with E-state index >= 15 is 0 Å². The van der Waals surface area contributed by atoms with E-state index in [4.69, 9.17) is 0 Å². The Balaban J connectivity index is 1.41. The fourth-order valence-electron chi connectivity index (χ4n) is 2.88. The second-order valence-corrected chi connectivity index (χ2v) is 6.17. The Morgan fingerprint density at radius 2 is 2.27 bits per heavy atom. The monoisotopic (exact) mass is 305 g/mol. The first-order chi connectivity index (χ1) is 10.7. The molecular formula is C15H23N5O2. The summed E-state index contributed by atoms with van der Waals surface area (Å²) < 4.78 is 1.80. The summed E-state index contributed by atoms with van der Waals surface area (Å²) in [5.74, 6) is 0.456. The van der Waals surface area contributed by atoms with E-state index < -0.39 is 0 Å². The van der Waals surface area contributed by atoms with Gasteiger partial charge in [0.2, 0.25) is 5.91 Å². The highest BCUT2D eigenvalue weighted by molar-refractivity contribution is 5.89. The number of aryl methyl sites for hydroxylation is 1. The molecule has 1 saturated heterocycles. The van der Waals surface area contributed by atoms with Crippen LogP contribution in [-0.4, -0.2) is 45.8 Å². The van der Waals surface area contributed by atoms with Crippen molar-refractivity contribution in [2.45, 2.75) is 45.2 Å². The van der Waals surface area contributed by atoms with E-state index in [0.717, 1.165) is 32.4 Å². The number of urea groups is 1. The van der Waals surface area contributed by atoms with E-state index in [1.807, 2.05) is 11.1 Å². The molecule has 3 amide bonds. The number of rotatable bonds is 6. The van der Waals surface area contributed by atoms with Gasteiger partial charge in [-0.05, 0) is 19.3 Å². The van der Waals surface area contributed by atoms with Gasteiger partial charge in [0.1, 0.15) is 0 Å². The molecule has 1 aromatic rings. The van der Waals surface area contributed by atoms with Crippen molar-refractivity contribution in [1.82, 2.24) is 20.0 Å². The standard InChI is InChI=1S/C15H23N5O2/c1-2-5-19-10-12(8-17-19)18-15(22)16-7-11-6-14(21)20(9-11)13-3-4-13/h8,10-11,13H,2-7,9H2,1H3,(H2,16,18,22). The molecule has 1 unspecified atom stereocenters. The van der Waals surface area contributed by atoms with E-state index in [0.29, 0.717) is 24.7 Å². The minimum atomic E-state index is -0.242. The van der Waals surface area contributed by atoms with Crippen molar-refractivity contribution in [3.63, 3.8) is 0 Å². The molecule has 120 valence electrons. The lowest BCUT2D eigenvalue weighted by molar-refractivity contribution is -0.128. The third kappa shape index (κ3) is 3.58. The Morgan fingerprint density at radius 1 is 1.45 bits per heavy atom. The van der Waals surface area contributed by atoms with Gasteiger partial charge in [0.05, 0.1) is 11.9 Å². The number of hydrogen-bond acceptors (Lipinski definition) is 3. The van der Waals surface area contributed by atoms with Crippen molar-refractivity contribution in [2.24, 2.45) is 5.92 Å². The largest absolute Gasteiger partial charge is 0.339 e. The van der Waals surface area contributed by atoms with Crippen LogP contribution < -0.4 is 10.6 Å². The van der Waals surface area contributed by atoms with E-state index in [9.17, 15) is 9.59 Å². The van der Waals surface area contributed by atoms with Crippen molar-refractivity contribution in [3.05, 3.63) is 12.4 Å². The average Bonchev–Trinajstić information content (AvgIpc) is 3.13. The van der Waals surface area contributed by atoms with Crippen molar-refractivity contribution in [1.29, 1.82) is 0 Å². The number of carbonyl (C=O) groups excluding carboxylic acids is 2. The van der Waals surface area contributed by atoms with Crippen molar-refractivity contribution >= 4 is 17.6 Å². The van der Waals surface area contributed by atoms with E-state index in [1.165, 1.54) is 0 Å². The Kier molecular flexibility index (Phi) is 4.31. The van der Waals surface area contributed by atoms with Gasteiger partial charge >= 0.3 is 6.03 Å². The third-order valence-electron chi connectivity index (χ3n) is 4.12. The number of aromatic nitrogens is 2. The summed E-state index contributed by atoms with van der Waals surface area (Å²) in [6.45, 7) is 4.22. The summed E-state index contributed by atoms with van der Waals surface area (Å²) in [5, 5.41) is 9.78. The van der Waals surface area contributed by atoms with Gasteiger partial charge in [-0.25, -0.2) is 4.79 Å². The zero-order valence-corrected chi connectivity index (χ0v) is 12.9. The Labute approximate surface area is 130 Å². The summed E-state index contributed by atoms with van der Waals surface area (Å²) in [6.07, 6.45) is 7.27. The summed E-state index contributed by atoms with van der Waals surface area (Å²) in [6, 6.07) is 0.226. The number of nitrogens with zero attached hydrogens (tertiary/aromatic N) is 3. The van der Waals surface area contributed by atoms with E-state index in [1.54, 1.807) is 10.9 Å². The first kappa shape index (κ1) is 14.9. The van der Waals surface area contributed by atoms with Gasteiger partial charge in [0.25, 0.3) is 0 Å². The number of nitrogens with one attached hydrogen (secondary N) is 2. The average molecular weight is 305 g/mol. The predicted molar refractivity (Wildman–Crippen MR) is 82.4 cm³/mol. The van der Waals surface area contributed by atoms with Crippen LogP contribution in [-0.2, 0) is 11.3 Å². The molecule has 2 fully saturated rings. The van der Waals surface area contributed by atoms with Crippen LogP contribution in [0.5, 0.6) is 0 Å². The summed E-state index contributed by atoms with van der Waals surface area (Å²) in [4.78, 5) is 25.7. The molecule has 0 radical (unpaired) electrons. The lowest BCUT2D eigenvalue weighted by atomic mass is 10.1. The van der Waals surface area contributed by atoms with Crippen molar-refractivity contribution < 1.29 is 9.59 Å². The molecule has 1 saturated carbocycles. The molecule has 7 nitrogen and oxygen atoms in total. The predicted octanol–water partition coefficient (Wildman–Crippen LogP) is 1.43. The topological polar surface area (TPSA) is 79.3 Å². The zero-order valence-electron chi connectivity index (χ0n) is 12.9. The second kappa shape index (κ2) is 6.37. The molecule has 1 aliphatic heterocycles. The lowest BCUT2D eigenvalue weighted by Crippen LogP contribution is -2.34. The Morgan fingerprint density at radius 3 is 3.00 bits per heavy atom. The van der Waals surface area contributed by atoms with Crippen LogP contribution in [0, 0.1) is 5.92 Å². The zero-order chi connectivity index (χ0) is 15.5. The van der Waals surface area contributed by atoms with Crippen LogP contribution in [0.2, 0.25) is 0 Å². The lowest BCUT2D eigenvalue weighted by Gasteiger charge is -2.15. The van der Waals surface area contributed by atoms with Crippen LogP contribution >= 0.6 is 0 Å². The van der Waals surface area contributed by atoms with Crippen LogP contribution in [0.25, 0.3) is 0 Å². The smallest absolute Gasteiger partial charge is 0.319 e. The minimum Gasteiger partial charge on any atom is -0.339 e. The molecule has 2 heterocycles. The minimum absolute atomic E-state index is 0.224. The number of carbonyl (C=O) groups is 2. The molecule has 1 aromatic heterocycles. The molecule has 1 atom stereocenters. The molecule has 0 spiro atoms. The second-order valence-electron chi connectivity index (χ2n) is 6.17. The van der Waals surface area contributed by atoms with Crippen molar-refractivity contribution in [3.8, 4) is 0 Å². The summed E-state index contributed by atoms with van der Waals surface area (Å²) in [5.41, 5.74) is 0.688. The summed E-state index contributed by atoms with van der Waals surface area (Å²) in [7, 11) is 0. The van der Waals surface area contributed by atoms with Gasteiger partial charge in [0, 0.05) is 44.2 Å². The van der Waals surface area contributed by atoms with Crippen LogP contribution in [0.3, 0.4) is 0 Å². The SMILES string of the molecule is CCCn1cc(NC(=O)NCC2CC(=O)N(C3CC3)C2)cn1. The molecule has 3 rings (SSSR count). The van der Waals surface area contributed by atoms with Gasteiger partial charge in [-0.3, -0.25) is 9.48 Å². The highest BCUT2D eigenvalue weighted by atomic mass is 16.2. The molecule has 0 bridgehead atoms. The van der Waals surface area contributed by atoms with E-state index in [2.05, 4.69) is 22.7 Å². The third-order valence-corrected chi connectivity index (χ3v) is 4.12. The molecule has 2 N–H and O–H groups in total. The highest BCUT2D eigenvalue weighted by Crippen LogP contribution is 2.32. The number of anilines is 1. The first-order valence-electron chi connectivity index (χ1n) is 8.02. The van der Waals surface area contributed by atoms with E-state index in [-0.39, 0.29) is 17.9 Å². The fraction of sp³-hybridized carbons (Fsp3) is 0.667. The Hall–Kier alpha value is -2.05. The number of hydrogen-bond donors (Lipinski definition) is 2. The van der Waals surface area contributed by atoms with Crippen LogP contribution in [0.15, 0.2) is 12.4 Å². The maximum atomic E-state index is 11.9. The van der Waals surface area contributed by atoms with Gasteiger partial charge < -0.3 is 15.5 Å². The summed E-state index contributed by atoms with van der Waals surface area (Å²) >= 11 is 0. The van der Waals surface area contributed by atoms with Gasteiger partial charge in [-0.1, -0.05) is 6.92 Å². The first-order valence-corrected chi connectivity index (χ1v) is 8.02. The molecule has 22 heavy (non-hydrogen) atoms. The number of amides is 3. The van der Waals surface area contributed by atoms with Crippen LogP contribution in [0.4, 0.5) is 10.5 Å². The number of likely N-dealkylation sites (tertiary alicyclic amines) is 1. The molecule has 0 aromatic carbocycles. The van der Waals surface area contributed by atoms with Crippen molar-refractivity contribution in [2.75, 3.05) is 18.4 Å². The molecule has 1 aliphatic carbocycles. The highest BCUT2D eigenvalue weighted by Gasteiger charge is 2.39. The van der Waals surface area contributed by atoms with Gasteiger partial charge in [-0.15, -0.1) is 0 Å². The molecule has 7 heteroatoms. The van der Waals surface area contributed by atoms with Gasteiger partial charge in [0.15, 0.2) is 0 Å². The molecule has 2 aliphatic rings. The maximum Gasteiger partial charge on any atom is 0.319 e. The Bertz CT molecular complexity index is 552. The quantitative estimate of drug-likeness (QED) is 0.834.